The van der Waals surface area contributed by atoms with Gasteiger partial charge in [0, 0.05) is 31.7 Å². The van der Waals surface area contributed by atoms with E-state index in [4.69, 9.17) is 0 Å². The van der Waals surface area contributed by atoms with Crippen LogP contribution in [0.25, 0.3) is 16.9 Å². The van der Waals surface area contributed by atoms with Crippen LogP contribution in [0.5, 0.6) is 0 Å². The number of nitrogens with zero attached hydrogens (tertiary/aromatic N) is 5. The van der Waals surface area contributed by atoms with Crippen molar-refractivity contribution in [3.05, 3.63) is 53.3 Å². The number of halogens is 2. The zero-order chi connectivity index (χ0) is 19.8. The second kappa shape index (κ2) is 7.27. The van der Waals surface area contributed by atoms with Gasteiger partial charge in [0.2, 0.25) is 0 Å². The topological polar surface area (TPSA) is 53.7 Å². The average molecular weight is 385 g/mol. The fourth-order valence-corrected chi connectivity index (χ4v) is 3.34. The minimum atomic E-state index is -2.74. The lowest BCUT2D eigenvalue weighted by Crippen LogP contribution is -2.47. The summed E-state index contributed by atoms with van der Waals surface area (Å²) in [6.07, 6.45) is -1.39. The number of hydrogen-bond donors (Lipinski definition) is 0. The van der Waals surface area contributed by atoms with E-state index in [2.05, 4.69) is 15.0 Å². The lowest BCUT2D eigenvalue weighted by molar-refractivity contribution is 0.0665. The number of alkyl halides is 2. The highest BCUT2D eigenvalue weighted by Crippen LogP contribution is 2.27. The Kier molecular flexibility index (Phi) is 4.80. The van der Waals surface area contributed by atoms with E-state index in [9.17, 15) is 13.6 Å². The molecule has 3 aromatic rings. The Bertz CT molecular complexity index is 1010. The maximum Gasteiger partial charge on any atom is 0.280 e. The van der Waals surface area contributed by atoms with Crippen LogP contribution < -0.4 is 0 Å². The molecule has 8 heteroatoms. The third-order valence-electron chi connectivity index (χ3n) is 5.09. The van der Waals surface area contributed by atoms with Crippen molar-refractivity contribution >= 4 is 11.6 Å². The van der Waals surface area contributed by atoms with Crippen LogP contribution in [0, 0.1) is 6.92 Å². The van der Waals surface area contributed by atoms with Gasteiger partial charge in [0.05, 0.1) is 11.9 Å². The Morgan fingerprint density at radius 2 is 1.79 bits per heavy atom. The number of aromatic nitrogens is 3. The van der Waals surface area contributed by atoms with Crippen molar-refractivity contribution in [2.24, 2.45) is 0 Å². The first-order chi connectivity index (χ1) is 13.4. The molecule has 0 bridgehead atoms. The van der Waals surface area contributed by atoms with Crippen LogP contribution in [0.4, 0.5) is 8.78 Å². The number of aryl methyl sites for hydroxylation is 1. The molecule has 4 rings (SSSR count). The summed E-state index contributed by atoms with van der Waals surface area (Å²) >= 11 is 0. The molecule has 0 saturated carbocycles. The Morgan fingerprint density at radius 1 is 1.11 bits per heavy atom. The van der Waals surface area contributed by atoms with Gasteiger partial charge in [0.25, 0.3) is 12.3 Å². The van der Waals surface area contributed by atoms with Crippen LogP contribution in [-0.2, 0) is 0 Å². The predicted molar refractivity (Wildman–Crippen MR) is 102 cm³/mol. The third-order valence-corrected chi connectivity index (χ3v) is 5.09. The Morgan fingerprint density at radius 3 is 2.43 bits per heavy atom. The molecule has 0 spiro atoms. The van der Waals surface area contributed by atoms with E-state index in [1.165, 1.54) is 12.3 Å². The van der Waals surface area contributed by atoms with E-state index in [1.807, 2.05) is 38.2 Å². The monoisotopic (exact) mass is 385 g/mol. The molecule has 28 heavy (non-hydrogen) atoms. The van der Waals surface area contributed by atoms with E-state index in [0.717, 1.165) is 23.2 Å². The first kappa shape index (κ1) is 18.5. The number of benzene rings is 1. The molecule has 1 fully saturated rings. The van der Waals surface area contributed by atoms with Gasteiger partial charge in [0.15, 0.2) is 5.65 Å². The molecule has 6 nitrogen and oxygen atoms in total. The number of rotatable bonds is 3. The van der Waals surface area contributed by atoms with Gasteiger partial charge in [-0.15, -0.1) is 0 Å². The van der Waals surface area contributed by atoms with Gasteiger partial charge in [-0.25, -0.2) is 18.3 Å². The molecule has 0 aliphatic carbocycles. The molecule has 1 saturated heterocycles. The molecule has 3 heterocycles. The smallest absolute Gasteiger partial charge is 0.280 e. The molecule has 0 N–H and O–H groups in total. The van der Waals surface area contributed by atoms with Crippen molar-refractivity contribution in [1.29, 1.82) is 0 Å². The van der Waals surface area contributed by atoms with Gasteiger partial charge in [-0.05, 0) is 20.0 Å². The maximum atomic E-state index is 13.7. The summed E-state index contributed by atoms with van der Waals surface area (Å²) in [4.78, 5) is 21.4. The molecular weight excluding hydrogens is 364 g/mol. The molecular formula is C20H21F2N5O. The minimum absolute atomic E-state index is 0.164. The minimum Gasteiger partial charge on any atom is -0.336 e. The quantitative estimate of drug-likeness (QED) is 0.696. The molecule has 0 atom stereocenters. The Balaban J connectivity index is 1.80. The Hall–Kier alpha value is -2.87. The fraction of sp³-hybridized carbons (Fsp3) is 0.350. The van der Waals surface area contributed by atoms with Gasteiger partial charge in [-0.1, -0.05) is 29.8 Å². The van der Waals surface area contributed by atoms with E-state index in [0.29, 0.717) is 24.3 Å². The van der Waals surface area contributed by atoms with Crippen molar-refractivity contribution in [1.82, 2.24) is 24.4 Å². The SMILES string of the molecule is Cc1ccc(-c2cc(C(F)F)n3ncc(C(=O)N4CCN(C)CC4)c3n2)cc1. The van der Waals surface area contributed by atoms with Crippen LogP contribution in [0.1, 0.15) is 28.0 Å². The summed E-state index contributed by atoms with van der Waals surface area (Å²) in [6.45, 7) is 4.68. The summed E-state index contributed by atoms with van der Waals surface area (Å²) in [5, 5.41) is 4.04. The van der Waals surface area contributed by atoms with E-state index >= 15 is 0 Å². The highest BCUT2D eigenvalue weighted by Gasteiger charge is 2.26. The fourth-order valence-electron chi connectivity index (χ4n) is 3.34. The second-order valence-corrected chi connectivity index (χ2v) is 7.12. The zero-order valence-corrected chi connectivity index (χ0v) is 15.8. The molecule has 1 aliphatic heterocycles. The maximum absolute atomic E-state index is 13.7. The lowest BCUT2D eigenvalue weighted by Gasteiger charge is -2.32. The largest absolute Gasteiger partial charge is 0.336 e. The first-order valence-corrected chi connectivity index (χ1v) is 9.15. The molecule has 1 amide bonds. The van der Waals surface area contributed by atoms with E-state index in [-0.39, 0.29) is 22.8 Å². The molecule has 0 unspecified atom stereocenters. The lowest BCUT2D eigenvalue weighted by atomic mass is 10.1. The van der Waals surface area contributed by atoms with E-state index < -0.39 is 6.43 Å². The van der Waals surface area contributed by atoms with Crippen LogP contribution >= 0.6 is 0 Å². The van der Waals surface area contributed by atoms with Gasteiger partial charge in [-0.2, -0.15) is 5.10 Å². The number of carbonyl (C=O) groups is 1. The highest BCUT2D eigenvalue weighted by atomic mass is 19.3. The van der Waals surface area contributed by atoms with Gasteiger partial charge in [0.1, 0.15) is 11.3 Å². The highest BCUT2D eigenvalue weighted by molar-refractivity contribution is 6.00. The molecule has 2 aromatic heterocycles. The number of amides is 1. The standard InChI is InChI=1S/C20H21F2N5O/c1-13-3-5-14(6-4-13)16-11-17(18(21)22)27-19(24-16)15(12-23-27)20(28)26-9-7-25(2)8-10-26/h3-6,11-12,18H,7-10H2,1-2H3. The van der Waals surface area contributed by atoms with Crippen LogP contribution in [-0.4, -0.2) is 63.5 Å². The average Bonchev–Trinajstić information content (AvgIpc) is 3.11. The summed E-state index contributed by atoms with van der Waals surface area (Å²) in [5.74, 6) is -0.225. The van der Waals surface area contributed by atoms with Crippen LogP contribution in [0.3, 0.4) is 0 Å². The van der Waals surface area contributed by atoms with Gasteiger partial charge >= 0.3 is 0 Å². The summed E-state index contributed by atoms with van der Waals surface area (Å²) in [5.41, 5.74) is 2.31. The number of hydrogen-bond acceptors (Lipinski definition) is 4. The van der Waals surface area contributed by atoms with Crippen molar-refractivity contribution in [3.8, 4) is 11.3 Å². The summed E-state index contributed by atoms with van der Waals surface area (Å²) in [6, 6.07) is 8.80. The molecule has 146 valence electrons. The van der Waals surface area contributed by atoms with Crippen molar-refractivity contribution in [3.63, 3.8) is 0 Å². The third kappa shape index (κ3) is 3.35. The van der Waals surface area contributed by atoms with Crippen LogP contribution in [0.2, 0.25) is 0 Å². The Labute approximate surface area is 161 Å². The summed E-state index contributed by atoms with van der Waals surface area (Å²) in [7, 11) is 2.00. The van der Waals surface area contributed by atoms with Crippen LogP contribution in [0.15, 0.2) is 36.5 Å². The zero-order valence-electron chi connectivity index (χ0n) is 15.8. The number of carbonyl (C=O) groups excluding carboxylic acids is 1. The van der Waals surface area contributed by atoms with Gasteiger partial charge < -0.3 is 9.80 Å². The van der Waals surface area contributed by atoms with Crippen molar-refractivity contribution in [2.75, 3.05) is 33.2 Å². The number of likely N-dealkylation sites (N-methyl/N-ethyl adjacent to an activating group) is 1. The number of piperazine rings is 1. The van der Waals surface area contributed by atoms with E-state index in [1.54, 1.807) is 4.90 Å². The summed E-state index contributed by atoms with van der Waals surface area (Å²) < 4.78 is 28.4. The van der Waals surface area contributed by atoms with Crippen molar-refractivity contribution in [2.45, 2.75) is 13.3 Å². The predicted octanol–water partition coefficient (Wildman–Crippen LogP) is 3.03. The number of fused-ring (bicyclic) bond motifs is 1. The first-order valence-electron chi connectivity index (χ1n) is 9.15. The second-order valence-electron chi connectivity index (χ2n) is 7.12. The molecule has 1 aliphatic rings. The molecule has 0 radical (unpaired) electrons. The molecule has 1 aromatic carbocycles. The van der Waals surface area contributed by atoms with Gasteiger partial charge in [-0.3, -0.25) is 4.79 Å². The normalized spacial score (nSPS) is 15.5. The van der Waals surface area contributed by atoms with Crippen molar-refractivity contribution < 1.29 is 13.6 Å².